The van der Waals surface area contributed by atoms with Crippen LogP contribution in [-0.2, 0) is 26.2 Å². The van der Waals surface area contributed by atoms with Crippen molar-refractivity contribution in [3.8, 4) is 0 Å². The number of likely N-dealkylation sites (N-methyl/N-ethyl adjacent to an activating group) is 1. The molecule has 0 saturated carbocycles. The minimum Gasteiger partial charge on any atom is -0.355 e. The van der Waals surface area contributed by atoms with E-state index in [0.29, 0.717) is 39.8 Å². The Hall–Kier alpha value is -3.07. The van der Waals surface area contributed by atoms with E-state index in [1.165, 1.54) is 17.0 Å². The van der Waals surface area contributed by atoms with E-state index in [0.717, 1.165) is 15.4 Å². The molecule has 7 nitrogen and oxygen atoms in total. The fourth-order valence-corrected chi connectivity index (χ4v) is 6.43. The standard InChI is InChI=1S/C30H35Cl2N3O4S/c1-6-27(30(37)33-7-2)34(18-23-11-12-24(31)17-26(23)32)29(36)19-35(28-15-10-21(4)16-22(28)5)40(38,39)25-13-8-20(3)9-14-25/h8-17,27H,6-7,18-19H2,1-5H3,(H,33,37)/t27-/m1/s1. The molecule has 0 unspecified atom stereocenters. The molecule has 0 aliphatic carbocycles. The molecule has 3 aromatic carbocycles. The molecule has 2 amide bonds. The number of carbonyl (C=O) groups excluding carboxylic acids is 2. The summed E-state index contributed by atoms with van der Waals surface area (Å²) < 4.78 is 29.1. The molecule has 0 bridgehead atoms. The van der Waals surface area contributed by atoms with Crippen molar-refractivity contribution < 1.29 is 18.0 Å². The minimum atomic E-state index is -4.14. The number of carbonyl (C=O) groups is 2. The molecule has 0 fully saturated rings. The van der Waals surface area contributed by atoms with Crippen LogP contribution < -0.4 is 9.62 Å². The van der Waals surface area contributed by atoms with Gasteiger partial charge in [0.15, 0.2) is 0 Å². The molecule has 0 saturated heterocycles. The molecule has 1 N–H and O–H groups in total. The summed E-state index contributed by atoms with van der Waals surface area (Å²) in [7, 11) is -4.14. The third kappa shape index (κ3) is 7.36. The Labute approximate surface area is 247 Å². The molecule has 3 rings (SSSR count). The van der Waals surface area contributed by atoms with Crippen molar-refractivity contribution in [2.24, 2.45) is 0 Å². The van der Waals surface area contributed by atoms with E-state index < -0.39 is 28.5 Å². The zero-order valence-electron chi connectivity index (χ0n) is 23.4. The molecular formula is C30H35Cl2N3O4S. The molecule has 0 spiro atoms. The lowest BCUT2D eigenvalue weighted by Crippen LogP contribution is -2.52. The van der Waals surface area contributed by atoms with Crippen LogP contribution in [0.15, 0.2) is 65.6 Å². The Balaban J connectivity index is 2.11. The van der Waals surface area contributed by atoms with Crippen molar-refractivity contribution in [2.45, 2.75) is 58.5 Å². The van der Waals surface area contributed by atoms with Gasteiger partial charge in [-0.25, -0.2) is 8.42 Å². The Morgan fingerprint density at radius 1 is 0.900 bits per heavy atom. The van der Waals surface area contributed by atoms with Crippen molar-refractivity contribution in [3.63, 3.8) is 0 Å². The van der Waals surface area contributed by atoms with E-state index in [4.69, 9.17) is 23.2 Å². The molecule has 1 atom stereocenters. The summed E-state index contributed by atoms with van der Waals surface area (Å²) in [6.45, 7) is 9.05. The Kier molecular flexibility index (Phi) is 10.6. The maximum absolute atomic E-state index is 14.1. The highest BCUT2D eigenvalue weighted by Gasteiger charge is 2.34. The molecule has 0 aliphatic rings. The largest absolute Gasteiger partial charge is 0.355 e. The molecule has 10 heteroatoms. The maximum atomic E-state index is 14.1. The van der Waals surface area contributed by atoms with Crippen LogP contribution in [0.2, 0.25) is 10.0 Å². The minimum absolute atomic E-state index is 0.00419. The molecule has 0 heterocycles. The molecule has 0 aromatic heterocycles. The van der Waals surface area contributed by atoms with Gasteiger partial charge in [0.1, 0.15) is 12.6 Å². The van der Waals surface area contributed by atoms with Crippen molar-refractivity contribution >= 4 is 50.7 Å². The van der Waals surface area contributed by atoms with Gasteiger partial charge >= 0.3 is 0 Å². The van der Waals surface area contributed by atoms with Crippen molar-refractivity contribution in [1.82, 2.24) is 10.2 Å². The summed E-state index contributed by atoms with van der Waals surface area (Å²) in [5.41, 5.74) is 3.54. The normalized spacial score (nSPS) is 12.1. The zero-order chi connectivity index (χ0) is 29.6. The number of sulfonamides is 1. The van der Waals surface area contributed by atoms with Gasteiger partial charge < -0.3 is 10.2 Å². The van der Waals surface area contributed by atoms with E-state index >= 15 is 0 Å². The summed E-state index contributed by atoms with van der Waals surface area (Å²) in [4.78, 5) is 28.6. The van der Waals surface area contributed by atoms with Gasteiger partial charge in [0.05, 0.1) is 10.6 Å². The average Bonchev–Trinajstić information content (AvgIpc) is 2.89. The predicted octanol–water partition coefficient (Wildman–Crippen LogP) is 6.06. The van der Waals surface area contributed by atoms with Gasteiger partial charge in [-0.2, -0.15) is 0 Å². The second-order valence-electron chi connectivity index (χ2n) is 9.69. The average molecular weight is 605 g/mol. The molecule has 214 valence electrons. The van der Waals surface area contributed by atoms with Crippen LogP contribution in [0.1, 0.15) is 42.5 Å². The van der Waals surface area contributed by atoms with Crippen molar-refractivity contribution in [2.75, 3.05) is 17.4 Å². The Morgan fingerprint density at radius 3 is 2.12 bits per heavy atom. The topological polar surface area (TPSA) is 86.8 Å². The number of amides is 2. The quantitative estimate of drug-likeness (QED) is 0.289. The molecule has 3 aromatic rings. The first kappa shape index (κ1) is 31.5. The lowest BCUT2D eigenvalue weighted by atomic mass is 10.1. The van der Waals surface area contributed by atoms with Crippen LogP contribution in [0.25, 0.3) is 0 Å². The summed E-state index contributed by atoms with van der Waals surface area (Å²) in [6, 6.07) is 15.9. The SMILES string of the molecule is CCNC(=O)[C@@H](CC)N(Cc1ccc(Cl)cc1Cl)C(=O)CN(c1ccc(C)cc1C)S(=O)(=O)c1ccc(C)cc1. The molecule has 0 radical (unpaired) electrons. The summed E-state index contributed by atoms with van der Waals surface area (Å²) in [5, 5.41) is 3.56. The number of nitrogens with one attached hydrogen (secondary N) is 1. The smallest absolute Gasteiger partial charge is 0.264 e. The number of rotatable bonds is 11. The summed E-state index contributed by atoms with van der Waals surface area (Å²) >= 11 is 12.5. The number of nitrogens with zero attached hydrogens (tertiary/aromatic N) is 2. The second kappa shape index (κ2) is 13.5. The first-order valence-electron chi connectivity index (χ1n) is 13.1. The summed E-state index contributed by atoms with van der Waals surface area (Å²) in [5.74, 6) is -0.873. The fourth-order valence-electron chi connectivity index (χ4n) is 4.48. The second-order valence-corrected chi connectivity index (χ2v) is 12.4. The van der Waals surface area contributed by atoms with E-state index in [9.17, 15) is 18.0 Å². The van der Waals surface area contributed by atoms with Gasteiger partial charge in [0.25, 0.3) is 10.0 Å². The van der Waals surface area contributed by atoms with E-state index in [-0.39, 0.29) is 17.3 Å². The van der Waals surface area contributed by atoms with Crippen LogP contribution in [0.3, 0.4) is 0 Å². The lowest BCUT2D eigenvalue weighted by molar-refractivity contribution is -0.140. The number of benzene rings is 3. The van der Waals surface area contributed by atoms with Gasteiger partial charge in [-0.15, -0.1) is 0 Å². The monoisotopic (exact) mass is 603 g/mol. The number of halogens is 2. The van der Waals surface area contributed by atoms with Gasteiger partial charge in [0, 0.05) is 23.1 Å². The highest BCUT2D eigenvalue weighted by molar-refractivity contribution is 7.92. The Morgan fingerprint density at radius 2 is 1.55 bits per heavy atom. The van der Waals surface area contributed by atoms with Crippen LogP contribution in [0.4, 0.5) is 5.69 Å². The van der Waals surface area contributed by atoms with E-state index in [1.54, 1.807) is 63.2 Å². The van der Waals surface area contributed by atoms with Gasteiger partial charge in [-0.3, -0.25) is 13.9 Å². The number of hydrogen-bond donors (Lipinski definition) is 1. The number of anilines is 1. The van der Waals surface area contributed by atoms with E-state index in [2.05, 4.69) is 5.32 Å². The van der Waals surface area contributed by atoms with E-state index in [1.807, 2.05) is 19.9 Å². The van der Waals surface area contributed by atoms with Crippen LogP contribution in [0, 0.1) is 20.8 Å². The van der Waals surface area contributed by atoms with Gasteiger partial charge in [-0.05, 0) is 75.6 Å². The highest BCUT2D eigenvalue weighted by Crippen LogP contribution is 2.29. The zero-order valence-corrected chi connectivity index (χ0v) is 25.7. The van der Waals surface area contributed by atoms with Crippen molar-refractivity contribution in [1.29, 1.82) is 0 Å². The third-order valence-corrected chi connectivity index (χ3v) is 8.96. The molecule has 40 heavy (non-hydrogen) atoms. The highest BCUT2D eigenvalue weighted by atomic mass is 35.5. The number of aryl methyl sites for hydroxylation is 3. The van der Waals surface area contributed by atoms with Gasteiger partial charge in [-0.1, -0.05) is 71.6 Å². The van der Waals surface area contributed by atoms with Crippen molar-refractivity contribution in [3.05, 3.63) is 93.0 Å². The summed E-state index contributed by atoms with van der Waals surface area (Å²) in [6.07, 6.45) is 0.317. The molecular weight excluding hydrogens is 569 g/mol. The number of hydrogen-bond acceptors (Lipinski definition) is 4. The maximum Gasteiger partial charge on any atom is 0.264 e. The first-order valence-corrected chi connectivity index (χ1v) is 15.3. The van der Waals surface area contributed by atoms with Gasteiger partial charge in [0.2, 0.25) is 11.8 Å². The third-order valence-electron chi connectivity index (χ3n) is 6.60. The Bertz CT molecular complexity index is 1480. The van der Waals surface area contributed by atoms with Crippen LogP contribution in [-0.4, -0.2) is 44.3 Å². The lowest BCUT2D eigenvalue weighted by Gasteiger charge is -2.33. The van der Waals surface area contributed by atoms with Crippen LogP contribution in [0.5, 0.6) is 0 Å². The fraction of sp³-hybridized carbons (Fsp3) is 0.333. The first-order chi connectivity index (χ1) is 18.9. The predicted molar refractivity (Wildman–Crippen MR) is 161 cm³/mol. The molecule has 0 aliphatic heterocycles. The van der Waals surface area contributed by atoms with Crippen LogP contribution >= 0.6 is 23.2 Å².